The second kappa shape index (κ2) is 6.49. The van der Waals surface area contributed by atoms with Gasteiger partial charge in [-0.15, -0.1) is 0 Å². The molecule has 0 spiro atoms. The smallest absolute Gasteiger partial charge is 0.408 e. The molecule has 92 valence electrons. The van der Waals surface area contributed by atoms with Gasteiger partial charge < -0.3 is 25.1 Å². The van der Waals surface area contributed by atoms with Gasteiger partial charge in [-0.25, -0.2) is 4.79 Å². The van der Waals surface area contributed by atoms with Crippen molar-refractivity contribution in [1.82, 2.24) is 5.32 Å². The number of aliphatic hydroxyl groups is 1. The summed E-state index contributed by atoms with van der Waals surface area (Å²) in [6, 6.07) is 7.45. The van der Waals surface area contributed by atoms with Crippen molar-refractivity contribution in [2.75, 3.05) is 6.61 Å². The van der Waals surface area contributed by atoms with E-state index in [9.17, 15) is 14.7 Å². The summed E-state index contributed by atoms with van der Waals surface area (Å²) in [5, 5.41) is 21.0. The van der Waals surface area contributed by atoms with Crippen molar-refractivity contribution in [2.24, 2.45) is 0 Å². The number of carbonyl (C=O) groups is 2. The molecule has 1 atom stereocenters. The molecule has 0 bridgehead atoms. The van der Waals surface area contributed by atoms with E-state index in [1.807, 2.05) is 11.4 Å². The van der Waals surface area contributed by atoms with Gasteiger partial charge in [0, 0.05) is 0 Å². The molecule has 1 aromatic rings. The van der Waals surface area contributed by atoms with E-state index in [4.69, 9.17) is 9.84 Å². The van der Waals surface area contributed by atoms with Crippen LogP contribution in [-0.2, 0) is 16.1 Å². The first kappa shape index (κ1) is 13.0. The zero-order valence-corrected chi connectivity index (χ0v) is 8.96. The van der Waals surface area contributed by atoms with Gasteiger partial charge >= 0.3 is 6.09 Å². The van der Waals surface area contributed by atoms with Crippen LogP contribution < -0.4 is 10.4 Å². The molecule has 0 aliphatic carbocycles. The molecular formula is C11H12NO5-. The van der Waals surface area contributed by atoms with Crippen molar-refractivity contribution in [1.29, 1.82) is 0 Å². The van der Waals surface area contributed by atoms with E-state index in [1.165, 1.54) is 0 Å². The number of alkyl carbamates (subject to hydrolysis) is 1. The number of hydrogen-bond donors (Lipinski definition) is 2. The van der Waals surface area contributed by atoms with Crippen molar-refractivity contribution in [2.45, 2.75) is 12.6 Å². The number of carbonyl (C=O) groups excluding carboxylic acids is 2. The van der Waals surface area contributed by atoms with Gasteiger partial charge in [-0.2, -0.15) is 0 Å². The van der Waals surface area contributed by atoms with E-state index in [0.29, 0.717) is 0 Å². The summed E-state index contributed by atoms with van der Waals surface area (Å²) >= 11 is 0. The van der Waals surface area contributed by atoms with Crippen molar-refractivity contribution < 1.29 is 24.5 Å². The highest BCUT2D eigenvalue weighted by atomic mass is 16.5. The van der Waals surface area contributed by atoms with Crippen molar-refractivity contribution in [3.63, 3.8) is 0 Å². The fourth-order valence-corrected chi connectivity index (χ4v) is 1.09. The molecule has 2 N–H and O–H groups in total. The van der Waals surface area contributed by atoms with Crippen LogP contribution in [0.2, 0.25) is 0 Å². The molecule has 0 saturated carbocycles. The van der Waals surface area contributed by atoms with Crippen LogP contribution in [0.15, 0.2) is 30.3 Å². The summed E-state index contributed by atoms with van der Waals surface area (Å²) in [7, 11) is 0. The van der Waals surface area contributed by atoms with E-state index >= 15 is 0 Å². The average molecular weight is 238 g/mol. The Morgan fingerprint density at radius 3 is 2.53 bits per heavy atom. The monoisotopic (exact) mass is 238 g/mol. The number of ether oxygens (including phenoxy) is 1. The Hall–Kier alpha value is -2.08. The molecule has 1 aromatic carbocycles. The third-order valence-electron chi connectivity index (χ3n) is 1.97. The largest absolute Gasteiger partial charge is 0.548 e. The molecule has 0 saturated heterocycles. The van der Waals surface area contributed by atoms with Crippen LogP contribution in [0.5, 0.6) is 0 Å². The van der Waals surface area contributed by atoms with E-state index in [1.54, 1.807) is 24.3 Å². The number of aliphatic hydroxyl groups excluding tert-OH is 1. The standard InChI is InChI=1S/C11H13NO5/c13-6-9(10(14)15)12-11(16)17-7-8-4-2-1-3-5-8/h1-5,9,13H,6-7H2,(H,12,16)(H,14,15)/p-1. The van der Waals surface area contributed by atoms with Crippen molar-refractivity contribution in [3.05, 3.63) is 35.9 Å². The Morgan fingerprint density at radius 2 is 2.00 bits per heavy atom. The first-order chi connectivity index (χ1) is 8.13. The lowest BCUT2D eigenvalue weighted by molar-refractivity contribution is -0.308. The van der Waals surface area contributed by atoms with Crippen LogP contribution in [-0.4, -0.2) is 29.8 Å². The Kier molecular flexibility index (Phi) is 4.96. The number of carboxylic acids is 1. The Morgan fingerprint density at radius 1 is 1.35 bits per heavy atom. The first-order valence-corrected chi connectivity index (χ1v) is 4.92. The summed E-state index contributed by atoms with van der Waals surface area (Å²) < 4.78 is 4.76. The summed E-state index contributed by atoms with van der Waals surface area (Å²) in [5.41, 5.74) is 0.775. The topological polar surface area (TPSA) is 98.7 Å². The molecule has 6 nitrogen and oxygen atoms in total. The lowest BCUT2D eigenvalue weighted by atomic mass is 10.2. The van der Waals surface area contributed by atoms with E-state index in [0.717, 1.165) is 5.56 Å². The summed E-state index contributed by atoms with van der Waals surface area (Å²) in [4.78, 5) is 21.6. The minimum atomic E-state index is -1.57. The van der Waals surface area contributed by atoms with Gasteiger partial charge in [-0.1, -0.05) is 30.3 Å². The maximum absolute atomic E-state index is 11.2. The van der Waals surface area contributed by atoms with Crippen molar-refractivity contribution >= 4 is 12.1 Å². The number of nitrogens with one attached hydrogen (secondary N) is 1. The number of hydrogen-bond acceptors (Lipinski definition) is 5. The molecule has 0 aliphatic heterocycles. The molecule has 1 unspecified atom stereocenters. The minimum Gasteiger partial charge on any atom is -0.548 e. The van der Waals surface area contributed by atoms with E-state index < -0.39 is 24.7 Å². The molecule has 0 radical (unpaired) electrons. The van der Waals surface area contributed by atoms with Crippen LogP contribution in [0.25, 0.3) is 0 Å². The third kappa shape index (κ3) is 4.52. The van der Waals surface area contributed by atoms with Gasteiger partial charge in [0.2, 0.25) is 0 Å². The fourth-order valence-electron chi connectivity index (χ4n) is 1.09. The SMILES string of the molecule is O=C(NC(CO)C(=O)[O-])OCc1ccccc1. The molecule has 1 amide bonds. The van der Waals surface area contributed by atoms with Gasteiger partial charge in [-0.05, 0) is 5.56 Å². The molecule has 0 aliphatic rings. The van der Waals surface area contributed by atoms with Crippen LogP contribution in [0.1, 0.15) is 5.56 Å². The molecule has 17 heavy (non-hydrogen) atoms. The number of amides is 1. The maximum atomic E-state index is 11.2. The molecule has 6 heteroatoms. The van der Waals surface area contributed by atoms with Crippen LogP contribution in [0, 0.1) is 0 Å². The fraction of sp³-hybridized carbons (Fsp3) is 0.273. The molecule has 0 fully saturated rings. The van der Waals surface area contributed by atoms with Crippen molar-refractivity contribution in [3.8, 4) is 0 Å². The molecule has 0 heterocycles. The minimum absolute atomic E-state index is 0.0257. The van der Waals surface area contributed by atoms with Gasteiger partial charge in [0.1, 0.15) is 6.61 Å². The Balaban J connectivity index is 2.37. The quantitative estimate of drug-likeness (QED) is 0.687. The second-order valence-corrected chi connectivity index (χ2v) is 3.26. The summed E-state index contributed by atoms with van der Waals surface area (Å²) in [6.45, 7) is -0.722. The van der Waals surface area contributed by atoms with Gasteiger partial charge in [-0.3, -0.25) is 0 Å². The maximum Gasteiger partial charge on any atom is 0.408 e. The molecule has 0 aromatic heterocycles. The highest BCUT2D eigenvalue weighted by Crippen LogP contribution is 2.00. The van der Waals surface area contributed by atoms with Gasteiger partial charge in [0.15, 0.2) is 0 Å². The first-order valence-electron chi connectivity index (χ1n) is 4.92. The Bertz CT molecular complexity index is 379. The Labute approximate surface area is 97.8 Å². The average Bonchev–Trinajstić information content (AvgIpc) is 2.34. The number of carboxylic acid groups (broad SMARTS) is 1. The van der Waals surface area contributed by atoms with E-state index in [-0.39, 0.29) is 6.61 Å². The van der Waals surface area contributed by atoms with Crippen LogP contribution >= 0.6 is 0 Å². The van der Waals surface area contributed by atoms with Gasteiger partial charge in [0.05, 0.1) is 18.6 Å². The normalized spacial score (nSPS) is 11.6. The van der Waals surface area contributed by atoms with Crippen LogP contribution in [0.3, 0.4) is 0 Å². The highest BCUT2D eigenvalue weighted by Gasteiger charge is 2.12. The number of benzene rings is 1. The summed E-state index contributed by atoms with van der Waals surface area (Å²) in [6.07, 6.45) is -0.919. The lowest BCUT2D eigenvalue weighted by Crippen LogP contribution is -2.50. The van der Waals surface area contributed by atoms with Crippen LogP contribution in [0.4, 0.5) is 4.79 Å². The summed E-state index contributed by atoms with van der Waals surface area (Å²) in [5.74, 6) is -1.57. The predicted molar refractivity (Wildman–Crippen MR) is 55.6 cm³/mol. The zero-order chi connectivity index (χ0) is 12.7. The number of rotatable bonds is 5. The highest BCUT2D eigenvalue weighted by molar-refractivity contribution is 5.78. The predicted octanol–water partition coefficient (Wildman–Crippen LogP) is -0.976. The lowest BCUT2D eigenvalue weighted by Gasteiger charge is -2.16. The van der Waals surface area contributed by atoms with E-state index in [2.05, 4.69) is 0 Å². The third-order valence-corrected chi connectivity index (χ3v) is 1.97. The molecular weight excluding hydrogens is 226 g/mol. The number of aliphatic carboxylic acids is 1. The van der Waals surface area contributed by atoms with Gasteiger partial charge in [0.25, 0.3) is 0 Å². The second-order valence-electron chi connectivity index (χ2n) is 3.26. The zero-order valence-electron chi connectivity index (χ0n) is 8.96. The molecule has 1 rings (SSSR count).